The number of aliphatic hydroxyl groups is 1. The van der Waals surface area contributed by atoms with Crippen LogP contribution in [0, 0.1) is 5.82 Å². The quantitative estimate of drug-likeness (QED) is 0.858. The van der Waals surface area contributed by atoms with E-state index in [4.69, 9.17) is 5.11 Å². The lowest BCUT2D eigenvalue weighted by molar-refractivity contribution is 0.258. The van der Waals surface area contributed by atoms with Gasteiger partial charge in [-0.25, -0.2) is 12.8 Å². The molecule has 1 aromatic carbocycles. The van der Waals surface area contributed by atoms with Gasteiger partial charge in [0.1, 0.15) is 5.82 Å². The Labute approximate surface area is 107 Å². The Hall–Kier alpha value is -0.980. The van der Waals surface area contributed by atoms with Gasteiger partial charge in [0.05, 0.1) is 4.90 Å². The van der Waals surface area contributed by atoms with Crippen LogP contribution in [0.5, 0.6) is 0 Å². The highest BCUT2D eigenvalue weighted by molar-refractivity contribution is 7.89. The van der Waals surface area contributed by atoms with E-state index in [1.807, 2.05) is 0 Å². The fourth-order valence-corrected chi connectivity index (χ4v) is 3.30. The summed E-state index contributed by atoms with van der Waals surface area (Å²) in [5.74, 6) is -0.472. The molecule has 0 aliphatic heterocycles. The molecule has 0 bridgehead atoms. The number of benzene rings is 1. The van der Waals surface area contributed by atoms with Crippen molar-refractivity contribution in [1.82, 2.24) is 4.31 Å². The average Bonchev–Trinajstić information content (AvgIpc) is 2.29. The molecular formula is C12H18FNO3S. The summed E-state index contributed by atoms with van der Waals surface area (Å²) < 4.78 is 38.7. The van der Waals surface area contributed by atoms with Crippen molar-refractivity contribution in [3.05, 3.63) is 30.1 Å². The van der Waals surface area contributed by atoms with Crippen LogP contribution < -0.4 is 0 Å². The van der Waals surface area contributed by atoms with E-state index >= 15 is 0 Å². The van der Waals surface area contributed by atoms with E-state index in [2.05, 4.69) is 0 Å². The van der Waals surface area contributed by atoms with Crippen molar-refractivity contribution in [1.29, 1.82) is 0 Å². The van der Waals surface area contributed by atoms with Crippen molar-refractivity contribution in [2.45, 2.75) is 31.2 Å². The molecule has 0 aliphatic carbocycles. The molecule has 0 saturated carbocycles. The summed E-state index contributed by atoms with van der Waals surface area (Å²) in [5.41, 5.74) is 0. The topological polar surface area (TPSA) is 57.6 Å². The van der Waals surface area contributed by atoms with Gasteiger partial charge in [-0.2, -0.15) is 4.31 Å². The van der Waals surface area contributed by atoms with Crippen LogP contribution in [0.3, 0.4) is 0 Å². The van der Waals surface area contributed by atoms with E-state index in [0.29, 0.717) is 6.42 Å². The lowest BCUT2D eigenvalue weighted by Crippen LogP contribution is -2.38. The van der Waals surface area contributed by atoms with Crippen LogP contribution in [0.2, 0.25) is 0 Å². The first-order valence-electron chi connectivity index (χ1n) is 5.78. The Kier molecular flexibility index (Phi) is 5.25. The monoisotopic (exact) mass is 275 g/mol. The van der Waals surface area contributed by atoms with Gasteiger partial charge in [-0.3, -0.25) is 0 Å². The van der Waals surface area contributed by atoms with Gasteiger partial charge < -0.3 is 5.11 Å². The SMILES string of the molecule is CC(C)N(CCCO)S(=O)(=O)c1ccc(F)cc1. The molecule has 18 heavy (non-hydrogen) atoms. The summed E-state index contributed by atoms with van der Waals surface area (Å²) in [5, 5.41) is 8.80. The first kappa shape index (κ1) is 15.1. The predicted octanol–water partition coefficient (Wildman–Crippen LogP) is 1.61. The molecule has 4 nitrogen and oxygen atoms in total. The number of aliphatic hydroxyl groups excluding tert-OH is 1. The molecule has 0 aromatic heterocycles. The van der Waals surface area contributed by atoms with Crippen LogP contribution in [-0.4, -0.2) is 37.0 Å². The van der Waals surface area contributed by atoms with Gasteiger partial charge >= 0.3 is 0 Å². The molecule has 0 heterocycles. The number of halogens is 1. The summed E-state index contributed by atoms with van der Waals surface area (Å²) in [6.07, 6.45) is 0.374. The van der Waals surface area contributed by atoms with Gasteiger partial charge in [0, 0.05) is 19.2 Å². The van der Waals surface area contributed by atoms with Crippen LogP contribution in [-0.2, 0) is 10.0 Å². The lowest BCUT2D eigenvalue weighted by Gasteiger charge is -2.25. The average molecular weight is 275 g/mol. The minimum atomic E-state index is -3.63. The van der Waals surface area contributed by atoms with Crippen molar-refractivity contribution in [2.75, 3.05) is 13.2 Å². The summed E-state index contributed by atoms with van der Waals surface area (Å²) >= 11 is 0. The third-order valence-electron chi connectivity index (χ3n) is 2.53. The number of sulfonamides is 1. The van der Waals surface area contributed by atoms with E-state index < -0.39 is 15.8 Å². The highest BCUT2D eigenvalue weighted by Crippen LogP contribution is 2.18. The Morgan fingerprint density at radius 1 is 1.28 bits per heavy atom. The van der Waals surface area contributed by atoms with Crippen molar-refractivity contribution in [2.24, 2.45) is 0 Å². The molecule has 0 unspecified atom stereocenters. The van der Waals surface area contributed by atoms with Crippen LogP contribution in [0.15, 0.2) is 29.2 Å². The highest BCUT2D eigenvalue weighted by atomic mass is 32.2. The van der Waals surface area contributed by atoms with Gasteiger partial charge in [-0.15, -0.1) is 0 Å². The fourth-order valence-electron chi connectivity index (χ4n) is 1.62. The Morgan fingerprint density at radius 3 is 2.28 bits per heavy atom. The van der Waals surface area contributed by atoms with Gasteiger partial charge in [0.15, 0.2) is 0 Å². The molecular weight excluding hydrogens is 257 g/mol. The Morgan fingerprint density at radius 2 is 1.83 bits per heavy atom. The maximum absolute atomic E-state index is 12.8. The maximum atomic E-state index is 12.8. The second kappa shape index (κ2) is 6.26. The third kappa shape index (κ3) is 3.51. The summed E-state index contributed by atoms with van der Waals surface area (Å²) in [7, 11) is -3.63. The zero-order valence-electron chi connectivity index (χ0n) is 10.5. The minimum Gasteiger partial charge on any atom is -0.396 e. The first-order chi connectivity index (χ1) is 8.39. The molecule has 6 heteroatoms. The number of hydrogen-bond acceptors (Lipinski definition) is 3. The van der Waals surface area contributed by atoms with Gasteiger partial charge in [0.2, 0.25) is 10.0 Å². The second-order valence-corrected chi connectivity index (χ2v) is 6.13. The zero-order valence-corrected chi connectivity index (χ0v) is 11.3. The molecule has 0 spiro atoms. The lowest BCUT2D eigenvalue weighted by atomic mass is 10.3. The molecule has 0 amide bonds. The largest absolute Gasteiger partial charge is 0.396 e. The summed E-state index contributed by atoms with van der Waals surface area (Å²) in [6, 6.07) is 4.53. The van der Waals surface area contributed by atoms with Gasteiger partial charge in [-0.1, -0.05) is 0 Å². The van der Waals surface area contributed by atoms with Crippen LogP contribution >= 0.6 is 0 Å². The number of rotatable bonds is 6. The number of hydrogen-bond donors (Lipinski definition) is 1. The van der Waals surface area contributed by atoms with Crippen LogP contribution in [0.25, 0.3) is 0 Å². The summed E-state index contributed by atoms with van der Waals surface area (Å²) in [6.45, 7) is 3.70. The van der Waals surface area contributed by atoms with E-state index in [0.717, 1.165) is 12.1 Å². The smallest absolute Gasteiger partial charge is 0.243 e. The minimum absolute atomic E-state index is 0.0653. The van der Waals surface area contributed by atoms with Crippen molar-refractivity contribution in [3.63, 3.8) is 0 Å². The molecule has 0 radical (unpaired) electrons. The molecule has 1 aromatic rings. The molecule has 1 rings (SSSR count). The zero-order chi connectivity index (χ0) is 13.8. The molecule has 0 atom stereocenters. The molecule has 0 fully saturated rings. The third-order valence-corrected chi connectivity index (χ3v) is 4.62. The first-order valence-corrected chi connectivity index (χ1v) is 7.22. The Bertz CT molecular complexity index is 471. The van der Waals surface area contributed by atoms with Crippen molar-refractivity contribution < 1.29 is 17.9 Å². The van der Waals surface area contributed by atoms with Gasteiger partial charge in [0.25, 0.3) is 0 Å². The molecule has 0 saturated heterocycles. The fraction of sp³-hybridized carbons (Fsp3) is 0.500. The van der Waals surface area contributed by atoms with E-state index in [1.165, 1.54) is 16.4 Å². The number of nitrogens with zero attached hydrogens (tertiary/aromatic N) is 1. The standard InChI is InChI=1S/C12H18FNO3S/c1-10(2)14(8-3-9-15)18(16,17)12-6-4-11(13)5-7-12/h4-7,10,15H,3,8-9H2,1-2H3. The van der Waals surface area contributed by atoms with Crippen LogP contribution in [0.1, 0.15) is 20.3 Å². The highest BCUT2D eigenvalue weighted by Gasteiger charge is 2.26. The van der Waals surface area contributed by atoms with Gasteiger partial charge in [-0.05, 0) is 44.5 Å². The van der Waals surface area contributed by atoms with E-state index in [9.17, 15) is 12.8 Å². The maximum Gasteiger partial charge on any atom is 0.243 e. The Balaban J connectivity index is 3.05. The van der Waals surface area contributed by atoms with E-state index in [-0.39, 0.29) is 24.1 Å². The van der Waals surface area contributed by atoms with E-state index in [1.54, 1.807) is 13.8 Å². The molecule has 0 aliphatic rings. The van der Waals surface area contributed by atoms with Crippen molar-refractivity contribution >= 4 is 10.0 Å². The molecule has 102 valence electrons. The molecule has 1 N–H and O–H groups in total. The summed E-state index contributed by atoms with van der Waals surface area (Å²) in [4.78, 5) is 0.0653. The predicted molar refractivity (Wildman–Crippen MR) is 67.1 cm³/mol. The second-order valence-electron chi connectivity index (χ2n) is 4.24. The van der Waals surface area contributed by atoms with Crippen molar-refractivity contribution in [3.8, 4) is 0 Å². The normalized spacial score (nSPS) is 12.3. The van der Waals surface area contributed by atoms with Crippen LogP contribution in [0.4, 0.5) is 4.39 Å².